The van der Waals surface area contributed by atoms with Crippen molar-refractivity contribution in [2.24, 2.45) is 16.9 Å². The smallest absolute Gasteiger partial charge is 0.318 e. The van der Waals surface area contributed by atoms with E-state index in [4.69, 9.17) is 0 Å². The first-order valence-corrected chi connectivity index (χ1v) is 15.7. The molecule has 0 aromatic heterocycles. The van der Waals surface area contributed by atoms with E-state index in [0.29, 0.717) is 11.4 Å². The topological polar surface area (TPSA) is 108 Å². The van der Waals surface area contributed by atoms with Crippen molar-refractivity contribution in [3.05, 3.63) is 130 Å². The van der Waals surface area contributed by atoms with E-state index in [1.165, 1.54) is 4.90 Å². The van der Waals surface area contributed by atoms with E-state index in [9.17, 15) is 19.2 Å². The third kappa shape index (κ3) is 4.55. The lowest BCUT2D eigenvalue weighted by atomic mass is 9.47. The van der Waals surface area contributed by atoms with E-state index in [-0.39, 0.29) is 17.7 Å². The van der Waals surface area contributed by atoms with Crippen molar-refractivity contribution in [3.8, 4) is 0 Å². The molecule has 4 aromatic rings. The molecule has 0 unspecified atom stereocenters. The van der Waals surface area contributed by atoms with Gasteiger partial charge in [-0.05, 0) is 71.8 Å². The van der Waals surface area contributed by atoms with Crippen LogP contribution in [0.1, 0.15) is 59.1 Å². The molecule has 2 N–H and O–H groups in total. The Bertz CT molecular complexity index is 1850. The highest BCUT2D eigenvalue weighted by molar-refractivity contribution is 6.39. The molecular weight excluding hydrogens is 576 g/mol. The number of unbranched alkanes of at least 4 members (excludes halogenated alkanes) is 1. The molecule has 0 saturated carbocycles. The molecule has 4 aliphatic rings. The van der Waals surface area contributed by atoms with Crippen molar-refractivity contribution in [2.45, 2.75) is 44.4 Å². The lowest BCUT2D eigenvalue weighted by molar-refractivity contribution is -0.136. The second-order valence-corrected chi connectivity index (χ2v) is 12.3. The molecule has 0 radical (unpaired) electrons. The van der Waals surface area contributed by atoms with Gasteiger partial charge in [0.25, 0.3) is 0 Å². The summed E-state index contributed by atoms with van der Waals surface area (Å²) in [4.78, 5) is 55.7. The largest absolute Gasteiger partial charge is 0.329 e. The molecule has 8 nitrogen and oxygen atoms in total. The number of rotatable bonds is 7. The molecule has 3 aliphatic carbocycles. The Hall–Kier alpha value is -5.37. The van der Waals surface area contributed by atoms with E-state index >= 15 is 0 Å². The van der Waals surface area contributed by atoms with Gasteiger partial charge in [-0.2, -0.15) is 5.10 Å². The molecule has 2 bridgehead atoms. The van der Waals surface area contributed by atoms with E-state index in [0.717, 1.165) is 52.6 Å². The summed E-state index contributed by atoms with van der Waals surface area (Å²) >= 11 is 0. The Balaban J connectivity index is 1.23. The predicted molar refractivity (Wildman–Crippen MR) is 176 cm³/mol. The maximum atomic E-state index is 14.4. The second kappa shape index (κ2) is 11.5. The second-order valence-electron chi connectivity index (χ2n) is 12.3. The molecule has 46 heavy (non-hydrogen) atoms. The van der Waals surface area contributed by atoms with Crippen molar-refractivity contribution >= 4 is 41.2 Å². The number of nitrogens with zero attached hydrogens (tertiary/aromatic N) is 2. The minimum absolute atomic E-state index is 0.255. The molecule has 4 aromatic carbocycles. The summed E-state index contributed by atoms with van der Waals surface area (Å²) in [5.74, 6) is -4.14. The van der Waals surface area contributed by atoms with Crippen LogP contribution in [0, 0.1) is 18.8 Å². The quantitative estimate of drug-likeness (QED) is 0.122. The highest BCUT2D eigenvalue weighted by Gasteiger charge is 2.68. The van der Waals surface area contributed by atoms with Crippen LogP contribution in [0.25, 0.3) is 0 Å². The SMILES string of the molecule is CCCCc1ccc(NC(=O)C(=O)N/N=C\C23c4ccccc4C(c4ccccc42)[C@H]2C(=O)N(c4ccc(C)cc4)C(=O)[C@H]23)cc1. The summed E-state index contributed by atoms with van der Waals surface area (Å²) < 4.78 is 0. The molecular formula is C38H34N4O4. The van der Waals surface area contributed by atoms with Crippen LogP contribution in [0.2, 0.25) is 0 Å². The van der Waals surface area contributed by atoms with E-state index < -0.39 is 29.1 Å². The van der Waals surface area contributed by atoms with E-state index in [1.54, 1.807) is 30.5 Å². The zero-order valence-electron chi connectivity index (χ0n) is 25.7. The Morgan fingerprint density at radius 3 is 2.09 bits per heavy atom. The third-order valence-electron chi connectivity index (χ3n) is 9.65. The number of carbonyl (C=O) groups is 4. The number of aryl methyl sites for hydroxylation is 2. The third-order valence-corrected chi connectivity index (χ3v) is 9.65. The zero-order chi connectivity index (χ0) is 32.0. The maximum absolute atomic E-state index is 14.4. The van der Waals surface area contributed by atoms with Crippen molar-refractivity contribution in [1.29, 1.82) is 0 Å². The lowest BCUT2D eigenvalue weighted by Gasteiger charge is -2.52. The molecule has 0 spiro atoms. The summed E-state index contributed by atoms with van der Waals surface area (Å²) in [7, 11) is 0. The Kier molecular flexibility index (Phi) is 7.35. The molecule has 1 aliphatic heterocycles. The maximum Gasteiger partial charge on any atom is 0.329 e. The van der Waals surface area contributed by atoms with Crippen LogP contribution in [0.5, 0.6) is 0 Å². The number of benzene rings is 4. The van der Waals surface area contributed by atoms with Crippen LogP contribution in [-0.4, -0.2) is 29.8 Å². The van der Waals surface area contributed by atoms with Crippen LogP contribution in [-0.2, 0) is 31.0 Å². The van der Waals surface area contributed by atoms with E-state index in [2.05, 4.69) is 22.8 Å². The normalized spacial score (nSPS) is 22.4. The van der Waals surface area contributed by atoms with Crippen LogP contribution in [0.3, 0.4) is 0 Å². The minimum atomic E-state index is -1.16. The van der Waals surface area contributed by atoms with E-state index in [1.807, 2.05) is 79.7 Å². The van der Waals surface area contributed by atoms with Gasteiger partial charge in [0, 0.05) is 17.8 Å². The number of imide groups is 1. The van der Waals surface area contributed by atoms with Gasteiger partial charge in [0.2, 0.25) is 11.8 Å². The number of hydrogen-bond donors (Lipinski definition) is 2. The highest BCUT2D eigenvalue weighted by Crippen LogP contribution is 2.63. The lowest BCUT2D eigenvalue weighted by Crippen LogP contribution is -2.54. The number of hydrogen-bond acceptors (Lipinski definition) is 5. The fourth-order valence-corrected chi connectivity index (χ4v) is 7.57. The molecule has 4 amide bonds. The number of hydrazone groups is 1. The summed E-state index contributed by atoms with van der Waals surface area (Å²) in [5.41, 5.74) is 8.07. The standard InChI is InChI=1S/C38H34N4O4/c1-3-4-9-24-16-18-25(19-17-24)40-34(43)35(44)41-39-22-38-29-12-7-5-10-27(29)31(28-11-6-8-13-30(28)38)32-33(38)37(46)42(36(32)45)26-20-14-23(2)15-21-26/h5-8,10-22,31-33H,3-4,9H2,1-2H3,(H,40,43)(H,41,44)/b39-22-/t31?,32-,33+,38?/m1/s1. The van der Waals surface area contributed by atoms with Crippen molar-refractivity contribution < 1.29 is 19.2 Å². The predicted octanol–water partition coefficient (Wildman–Crippen LogP) is 5.63. The van der Waals surface area contributed by atoms with Gasteiger partial charge in [0.1, 0.15) is 0 Å². The van der Waals surface area contributed by atoms with Gasteiger partial charge in [0.05, 0.1) is 22.9 Å². The fourth-order valence-electron chi connectivity index (χ4n) is 7.57. The van der Waals surface area contributed by atoms with Gasteiger partial charge in [-0.1, -0.05) is 91.7 Å². The van der Waals surface area contributed by atoms with Crippen LogP contribution < -0.4 is 15.6 Å². The number of anilines is 2. The van der Waals surface area contributed by atoms with Gasteiger partial charge in [-0.25, -0.2) is 10.3 Å². The Morgan fingerprint density at radius 1 is 0.826 bits per heavy atom. The average molecular weight is 611 g/mol. The first kappa shape index (κ1) is 29.3. The zero-order valence-corrected chi connectivity index (χ0v) is 25.7. The van der Waals surface area contributed by atoms with Crippen LogP contribution in [0.4, 0.5) is 11.4 Å². The van der Waals surface area contributed by atoms with Gasteiger partial charge in [-0.15, -0.1) is 0 Å². The van der Waals surface area contributed by atoms with Gasteiger partial charge in [0.15, 0.2) is 0 Å². The van der Waals surface area contributed by atoms with Gasteiger partial charge >= 0.3 is 11.8 Å². The fraction of sp³-hybridized carbons (Fsp3) is 0.237. The first-order valence-electron chi connectivity index (χ1n) is 15.7. The number of nitrogens with one attached hydrogen (secondary N) is 2. The highest BCUT2D eigenvalue weighted by atomic mass is 16.2. The summed E-state index contributed by atoms with van der Waals surface area (Å²) in [5, 5.41) is 6.96. The van der Waals surface area contributed by atoms with Crippen molar-refractivity contribution in [2.75, 3.05) is 10.2 Å². The molecule has 230 valence electrons. The Labute approximate surface area is 267 Å². The van der Waals surface area contributed by atoms with Crippen molar-refractivity contribution in [3.63, 3.8) is 0 Å². The number of amides is 4. The summed E-state index contributed by atoms with van der Waals surface area (Å²) in [6.07, 6.45) is 4.67. The monoisotopic (exact) mass is 610 g/mol. The molecule has 2 atom stereocenters. The van der Waals surface area contributed by atoms with Crippen molar-refractivity contribution in [1.82, 2.24) is 5.43 Å². The molecule has 1 heterocycles. The Morgan fingerprint density at radius 2 is 1.46 bits per heavy atom. The minimum Gasteiger partial charge on any atom is -0.318 e. The molecule has 8 heteroatoms. The molecule has 1 saturated heterocycles. The average Bonchev–Trinajstić information content (AvgIpc) is 3.35. The van der Waals surface area contributed by atoms with Crippen LogP contribution in [0.15, 0.2) is 102 Å². The van der Waals surface area contributed by atoms with Gasteiger partial charge < -0.3 is 5.32 Å². The molecule has 1 fully saturated rings. The summed E-state index contributed by atoms with van der Waals surface area (Å²) in [6, 6.07) is 30.4. The molecule has 8 rings (SSSR count). The van der Waals surface area contributed by atoms with Gasteiger partial charge in [-0.3, -0.25) is 19.2 Å². The van der Waals surface area contributed by atoms with Crippen LogP contribution >= 0.6 is 0 Å². The summed E-state index contributed by atoms with van der Waals surface area (Å²) in [6.45, 7) is 4.09. The first-order chi connectivity index (χ1) is 22.3. The number of carbonyl (C=O) groups excluding carboxylic acids is 4.